The maximum atomic E-state index is 13.2. The number of hydrogen-bond donors (Lipinski definition) is 2. The molecule has 1 amide bonds. The number of carbonyl (C=O) groups excluding carboxylic acids is 1. The second kappa shape index (κ2) is 9.84. The maximum Gasteiger partial charge on any atom is 0.251 e. The van der Waals surface area contributed by atoms with E-state index in [4.69, 9.17) is 4.98 Å². The fourth-order valence-electron chi connectivity index (χ4n) is 3.92. The molecule has 1 aliphatic rings. The number of amides is 1. The van der Waals surface area contributed by atoms with Crippen molar-refractivity contribution >= 4 is 40.5 Å². The molecule has 0 aliphatic carbocycles. The quantitative estimate of drug-likeness (QED) is 0.363. The molecule has 0 spiro atoms. The summed E-state index contributed by atoms with van der Waals surface area (Å²) in [6.07, 6.45) is 1.94. The molecule has 0 radical (unpaired) electrons. The Kier molecular flexibility index (Phi) is 6.51. The van der Waals surface area contributed by atoms with Gasteiger partial charge >= 0.3 is 0 Å². The van der Waals surface area contributed by atoms with Gasteiger partial charge in [-0.1, -0.05) is 54.6 Å². The highest BCUT2D eigenvalue weighted by molar-refractivity contribution is 8.16. The van der Waals surface area contributed by atoms with E-state index in [2.05, 4.69) is 34.6 Å². The Morgan fingerprint density at radius 3 is 2.44 bits per heavy atom. The molecule has 1 saturated heterocycles. The van der Waals surface area contributed by atoms with Gasteiger partial charge in [-0.3, -0.25) is 4.79 Å². The summed E-state index contributed by atoms with van der Waals surface area (Å²) in [6, 6.07) is 26.0. The van der Waals surface area contributed by atoms with Crippen molar-refractivity contribution in [1.29, 1.82) is 0 Å². The maximum absolute atomic E-state index is 13.2. The summed E-state index contributed by atoms with van der Waals surface area (Å²) < 4.78 is 0.474. The number of carbonyl (C=O) groups is 1. The average Bonchev–Trinajstić information content (AvgIpc) is 3.29. The number of H-pyrrole nitrogens is 1. The van der Waals surface area contributed by atoms with Crippen molar-refractivity contribution in [2.75, 3.05) is 11.5 Å². The second-order valence-corrected chi connectivity index (χ2v) is 10.6. The molecule has 1 unspecified atom stereocenters. The van der Waals surface area contributed by atoms with Crippen LogP contribution < -0.4 is 5.32 Å². The number of fused-ring (bicyclic) bond motifs is 1. The molecule has 162 valence electrons. The van der Waals surface area contributed by atoms with Gasteiger partial charge in [0.1, 0.15) is 5.82 Å². The Bertz CT molecular complexity index is 1150. The number of para-hydroxylation sites is 2. The molecular formula is C26H25N3OS2. The van der Waals surface area contributed by atoms with Gasteiger partial charge in [0, 0.05) is 5.56 Å². The summed E-state index contributed by atoms with van der Waals surface area (Å²) >= 11 is 3.98. The van der Waals surface area contributed by atoms with E-state index >= 15 is 0 Å². The summed E-state index contributed by atoms with van der Waals surface area (Å²) in [5.74, 6) is 3.11. The fraction of sp³-hybridized carbons (Fsp3) is 0.231. The third-order valence-electron chi connectivity index (χ3n) is 5.60. The van der Waals surface area contributed by atoms with E-state index in [0.717, 1.165) is 22.4 Å². The highest BCUT2D eigenvalue weighted by Gasteiger charge is 2.21. The minimum Gasteiger partial charge on any atom is -0.342 e. The molecule has 1 atom stereocenters. The summed E-state index contributed by atoms with van der Waals surface area (Å²) in [6.45, 7) is 0. The van der Waals surface area contributed by atoms with Gasteiger partial charge in [-0.15, -0.1) is 23.5 Å². The average molecular weight is 460 g/mol. The predicted octanol–water partition coefficient (Wildman–Crippen LogP) is 6.15. The number of nitrogens with zero attached hydrogens (tertiary/aromatic N) is 1. The first kappa shape index (κ1) is 21.2. The molecule has 1 aliphatic heterocycles. The Morgan fingerprint density at radius 2 is 1.69 bits per heavy atom. The van der Waals surface area contributed by atoms with Gasteiger partial charge in [0.2, 0.25) is 0 Å². The Labute approximate surface area is 196 Å². The normalized spacial score (nSPS) is 15.5. The van der Waals surface area contributed by atoms with Crippen molar-refractivity contribution in [3.8, 4) is 0 Å². The van der Waals surface area contributed by atoms with Crippen molar-refractivity contribution in [3.63, 3.8) is 0 Å². The van der Waals surface area contributed by atoms with E-state index < -0.39 is 0 Å². The topological polar surface area (TPSA) is 57.8 Å². The molecule has 1 aromatic heterocycles. The van der Waals surface area contributed by atoms with Crippen LogP contribution in [0.25, 0.3) is 11.0 Å². The lowest BCUT2D eigenvalue weighted by Gasteiger charge is -2.21. The van der Waals surface area contributed by atoms with Gasteiger partial charge in [0.05, 0.1) is 21.7 Å². The van der Waals surface area contributed by atoms with E-state index in [0.29, 0.717) is 16.6 Å². The van der Waals surface area contributed by atoms with Gasteiger partial charge in [0.15, 0.2) is 0 Å². The van der Waals surface area contributed by atoms with Crippen LogP contribution in [0, 0.1) is 0 Å². The number of imidazole rings is 1. The monoisotopic (exact) mass is 459 g/mol. The number of aromatic nitrogens is 2. The molecule has 1 fully saturated rings. The van der Waals surface area contributed by atoms with Crippen molar-refractivity contribution in [2.24, 2.45) is 0 Å². The van der Waals surface area contributed by atoms with Gasteiger partial charge in [-0.2, -0.15) is 0 Å². The van der Waals surface area contributed by atoms with Crippen LogP contribution in [0.15, 0.2) is 78.9 Å². The smallest absolute Gasteiger partial charge is 0.251 e. The van der Waals surface area contributed by atoms with Crippen LogP contribution >= 0.6 is 23.5 Å². The minimum atomic E-state index is -0.249. The Morgan fingerprint density at radius 1 is 0.969 bits per heavy atom. The van der Waals surface area contributed by atoms with Crippen molar-refractivity contribution in [1.82, 2.24) is 15.3 Å². The van der Waals surface area contributed by atoms with E-state index in [1.807, 2.05) is 78.1 Å². The lowest BCUT2D eigenvalue weighted by atomic mass is 10.0. The molecule has 5 rings (SSSR count). The molecule has 3 aromatic carbocycles. The van der Waals surface area contributed by atoms with Crippen molar-refractivity contribution in [3.05, 3.63) is 101 Å². The number of thioether (sulfide) groups is 2. The second-order valence-electron chi connectivity index (χ2n) is 7.90. The standard InChI is InChI=1S/C26H25N3OS2/c30-25(19-11-13-20(14-12-19)26-31-15-6-16-32-26)29-23(17-18-7-2-1-3-8-18)24-27-21-9-4-5-10-22(21)28-24/h1-5,7-14,23,26H,6,15-17H2,(H,27,28)(H,29,30). The molecule has 2 heterocycles. The number of nitrogens with one attached hydrogen (secondary N) is 2. The molecule has 6 heteroatoms. The molecule has 4 aromatic rings. The van der Waals surface area contributed by atoms with Crippen LogP contribution in [0.3, 0.4) is 0 Å². The van der Waals surface area contributed by atoms with Crippen LogP contribution in [0.5, 0.6) is 0 Å². The highest BCUT2D eigenvalue weighted by atomic mass is 32.2. The van der Waals surface area contributed by atoms with Gasteiger partial charge in [0.25, 0.3) is 5.91 Å². The number of hydrogen-bond acceptors (Lipinski definition) is 4. The van der Waals surface area contributed by atoms with Gasteiger partial charge in [-0.25, -0.2) is 4.98 Å². The number of benzene rings is 3. The van der Waals surface area contributed by atoms with Crippen molar-refractivity contribution in [2.45, 2.75) is 23.5 Å². The molecular weight excluding hydrogens is 434 g/mol. The van der Waals surface area contributed by atoms with Crippen LogP contribution in [-0.2, 0) is 6.42 Å². The summed E-state index contributed by atoms with van der Waals surface area (Å²) in [4.78, 5) is 21.3. The SMILES string of the molecule is O=C(NC(Cc1ccccc1)c1nc2ccccc2[nH]1)c1ccc(C2SCCCS2)cc1. The fourth-order valence-corrected chi connectivity index (χ4v) is 6.81. The zero-order chi connectivity index (χ0) is 21.8. The largest absolute Gasteiger partial charge is 0.342 e. The van der Waals surface area contributed by atoms with Crippen LogP contribution in [0.2, 0.25) is 0 Å². The third kappa shape index (κ3) is 4.87. The van der Waals surface area contributed by atoms with Crippen molar-refractivity contribution < 1.29 is 4.79 Å². The number of rotatable bonds is 6. The highest BCUT2D eigenvalue weighted by Crippen LogP contribution is 2.43. The zero-order valence-electron chi connectivity index (χ0n) is 17.7. The lowest BCUT2D eigenvalue weighted by molar-refractivity contribution is 0.0935. The van der Waals surface area contributed by atoms with Crippen LogP contribution in [0.4, 0.5) is 0 Å². The first-order chi connectivity index (χ1) is 15.8. The van der Waals surface area contributed by atoms with Crippen LogP contribution in [-0.4, -0.2) is 27.4 Å². The van der Waals surface area contributed by atoms with E-state index in [1.54, 1.807) is 0 Å². The van der Waals surface area contributed by atoms with E-state index in [9.17, 15) is 4.79 Å². The first-order valence-electron chi connectivity index (χ1n) is 10.9. The Balaban J connectivity index is 1.37. The third-order valence-corrected chi connectivity index (χ3v) is 8.61. The van der Waals surface area contributed by atoms with E-state index in [-0.39, 0.29) is 11.9 Å². The predicted molar refractivity (Wildman–Crippen MR) is 135 cm³/mol. The number of aromatic amines is 1. The summed E-state index contributed by atoms with van der Waals surface area (Å²) in [5, 5.41) is 3.21. The Hall–Kier alpha value is -2.70. The van der Waals surface area contributed by atoms with Gasteiger partial charge < -0.3 is 10.3 Å². The zero-order valence-corrected chi connectivity index (χ0v) is 19.3. The lowest BCUT2D eigenvalue weighted by Crippen LogP contribution is -2.30. The van der Waals surface area contributed by atoms with Crippen LogP contribution in [0.1, 0.15) is 44.4 Å². The molecule has 2 N–H and O–H groups in total. The van der Waals surface area contributed by atoms with E-state index in [1.165, 1.54) is 23.5 Å². The first-order valence-corrected chi connectivity index (χ1v) is 13.0. The summed E-state index contributed by atoms with van der Waals surface area (Å²) in [5.41, 5.74) is 4.99. The summed E-state index contributed by atoms with van der Waals surface area (Å²) in [7, 11) is 0. The molecule has 0 bridgehead atoms. The molecule has 0 saturated carbocycles. The molecule has 32 heavy (non-hydrogen) atoms. The molecule has 4 nitrogen and oxygen atoms in total. The van der Waals surface area contributed by atoms with Gasteiger partial charge in [-0.05, 0) is 59.7 Å². The minimum absolute atomic E-state index is 0.0816.